The first kappa shape index (κ1) is 27.1. The first-order valence-electron chi connectivity index (χ1n) is 12.0. The van der Waals surface area contributed by atoms with Gasteiger partial charge < -0.3 is 29.9 Å². The Balaban J connectivity index is 1.60. The van der Waals surface area contributed by atoms with Crippen molar-refractivity contribution < 1.29 is 32.2 Å². The van der Waals surface area contributed by atoms with Gasteiger partial charge in [0.05, 0.1) is 42.2 Å². The summed E-state index contributed by atoms with van der Waals surface area (Å²) in [7, 11) is 3.25. The second kappa shape index (κ2) is 11.2. The van der Waals surface area contributed by atoms with Crippen LogP contribution in [0.3, 0.4) is 0 Å². The van der Waals surface area contributed by atoms with Gasteiger partial charge in [0, 0.05) is 24.2 Å². The summed E-state index contributed by atoms with van der Waals surface area (Å²) in [4.78, 5) is 13.1. The third-order valence-electron chi connectivity index (χ3n) is 6.40. The zero-order chi connectivity index (χ0) is 27.4. The zero-order valence-electron chi connectivity index (χ0n) is 20.9. The Morgan fingerprint density at radius 3 is 2.68 bits per heavy atom. The molecule has 0 spiro atoms. The molecule has 0 aliphatic carbocycles. The number of hydrogen-bond donors (Lipinski definition) is 3. The highest BCUT2D eigenvalue weighted by molar-refractivity contribution is 5.94. The average molecular weight is 533 g/mol. The molecular weight excluding hydrogens is 504 g/mol. The van der Waals surface area contributed by atoms with Gasteiger partial charge in [-0.1, -0.05) is 12.0 Å². The second-order valence-corrected chi connectivity index (χ2v) is 9.16. The molecule has 1 saturated heterocycles. The second-order valence-electron chi connectivity index (χ2n) is 9.16. The Hall–Kier alpha value is -3.91. The quantitative estimate of drug-likeness (QED) is 0.299. The smallest absolute Gasteiger partial charge is 0.406 e. The number of halogens is 4. The van der Waals surface area contributed by atoms with Crippen molar-refractivity contribution in [3.05, 3.63) is 53.7 Å². The van der Waals surface area contributed by atoms with Crippen molar-refractivity contribution in [2.24, 2.45) is 0 Å². The molecule has 2 unspecified atom stereocenters. The minimum Gasteiger partial charge on any atom is -0.495 e. The number of hydrogen-bond acceptors (Lipinski definition) is 5. The Labute approximate surface area is 217 Å². The van der Waals surface area contributed by atoms with Crippen molar-refractivity contribution in [3.63, 3.8) is 0 Å². The van der Waals surface area contributed by atoms with E-state index in [0.717, 1.165) is 11.1 Å². The van der Waals surface area contributed by atoms with Crippen molar-refractivity contribution in [3.8, 4) is 17.6 Å². The fourth-order valence-corrected chi connectivity index (χ4v) is 4.53. The molecule has 4 rings (SSSR count). The van der Waals surface area contributed by atoms with Crippen LogP contribution in [0.2, 0.25) is 0 Å². The molecule has 0 bridgehead atoms. The minimum absolute atomic E-state index is 0.0545. The van der Waals surface area contributed by atoms with E-state index < -0.39 is 30.9 Å². The number of fused-ring (bicyclic) bond motifs is 1. The average Bonchev–Trinajstić information content (AvgIpc) is 3.20. The van der Waals surface area contributed by atoms with Crippen LogP contribution in [0, 0.1) is 11.8 Å². The summed E-state index contributed by atoms with van der Waals surface area (Å²) in [5.41, 5.74) is 1.62. The van der Waals surface area contributed by atoms with Gasteiger partial charge in [-0.25, -0.2) is 9.18 Å². The van der Waals surface area contributed by atoms with Gasteiger partial charge in [-0.15, -0.1) is 0 Å². The number of piperidine rings is 1. The summed E-state index contributed by atoms with van der Waals surface area (Å²) in [6.07, 6.45) is -5.00. The molecule has 0 radical (unpaired) electrons. The van der Waals surface area contributed by atoms with E-state index in [-0.39, 0.29) is 24.3 Å². The van der Waals surface area contributed by atoms with Crippen LogP contribution >= 0.6 is 0 Å². The number of aromatic nitrogens is 1. The summed E-state index contributed by atoms with van der Waals surface area (Å²) in [6, 6.07) is 10.4. The molecule has 0 amide bonds. The van der Waals surface area contributed by atoms with E-state index >= 15 is 0 Å². The van der Waals surface area contributed by atoms with Crippen LogP contribution in [-0.4, -0.2) is 72.7 Å². The summed E-state index contributed by atoms with van der Waals surface area (Å²) in [5, 5.41) is 15.9. The van der Waals surface area contributed by atoms with Crippen LogP contribution in [0.15, 0.2) is 42.5 Å². The predicted molar refractivity (Wildman–Crippen MR) is 138 cm³/mol. The van der Waals surface area contributed by atoms with E-state index in [1.165, 1.54) is 25.3 Å². The van der Waals surface area contributed by atoms with E-state index in [4.69, 9.17) is 9.84 Å². The van der Waals surface area contributed by atoms with Crippen molar-refractivity contribution in [1.29, 1.82) is 0 Å². The lowest BCUT2D eigenvalue weighted by Crippen LogP contribution is -2.46. The van der Waals surface area contributed by atoms with Crippen molar-refractivity contribution in [2.45, 2.75) is 31.4 Å². The molecule has 2 atom stereocenters. The third kappa shape index (κ3) is 6.31. The Morgan fingerprint density at radius 1 is 1.21 bits per heavy atom. The fourth-order valence-electron chi connectivity index (χ4n) is 4.53. The molecule has 2 heterocycles. The monoisotopic (exact) mass is 532 g/mol. The van der Waals surface area contributed by atoms with Crippen molar-refractivity contribution >= 4 is 28.2 Å². The number of nitrogens with one attached hydrogen (secondary N) is 2. The van der Waals surface area contributed by atoms with Crippen LogP contribution in [0.25, 0.3) is 10.9 Å². The molecule has 38 heavy (non-hydrogen) atoms. The highest BCUT2D eigenvalue weighted by Crippen LogP contribution is 2.32. The first-order valence-corrected chi connectivity index (χ1v) is 12.0. The van der Waals surface area contributed by atoms with Gasteiger partial charge in [-0.2, -0.15) is 13.2 Å². The molecule has 1 fully saturated rings. The summed E-state index contributed by atoms with van der Waals surface area (Å²) >= 11 is 0. The number of anilines is 2. The zero-order valence-corrected chi connectivity index (χ0v) is 20.9. The Morgan fingerprint density at radius 2 is 2.00 bits per heavy atom. The highest BCUT2D eigenvalue weighted by Gasteiger charge is 2.31. The molecular formula is C27H28F4N4O3. The van der Waals surface area contributed by atoms with Crippen LogP contribution in [-0.2, 0) is 6.54 Å². The number of benzene rings is 2. The molecule has 202 valence electrons. The number of alkyl halides is 4. The van der Waals surface area contributed by atoms with E-state index in [1.807, 2.05) is 11.9 Å². The molecule has 0 saturated carbocycles. The van der Waals surface area contributed by atoms with Gasteiger partial charge in [0.25, 0.3) is 0 Å². The maximum absolute atomic E-state index is 14.6. The number of carbonyl (C=O) groups is 1. The number of carboxylic acids is 1. The van der Waals surface area contributed by atoms with Gasteiger partial charge in [0.2, 0.25) is 0 Å². The summed E-state index contributed by atoms with van der Waals surface area (Å²) in [6.45, 7) is -0.144. The molecule has 3 N–H and O–H groups in total. The highest BCUT2D eigenvalue weighted by atomic mass is 19.4. The van der Waals surface area contributed by atoms with Crippen molar-refractivity contribution in [1.82, 2.24) is 9.47 Å². The molecule has 2 aromatic carbocycles. The number of nitrogens with zero attached hydrogens (tertiary/aromatic N) is 2. The number of rotatable bonds is 7. The lowest BCUT2D eigenvalue weighted by Gasteiger charge is -2.33. The predicted octanol–water partition coefficient (Wildman–Crippen LogP) is 4.83. The van der Waals surface area contributed by atoms with Gasteiger partial charge in [-0.05, 0) is 55.8 Å². The number of carboxylic acid groups (broad SMARTS) is 1. The minimum atomic E-state index is -4.47. The Bertz CT molecular complexity index is 1380. The van der Waals surface area contributed by atoms with E-state index in [9.17, 15) is 22.4 Å². The number of ether oxygens (including phenoxy) is 1. The van der Waals surface area contributed by atoms with E-state index in [1.54, 1.807) is 24.3 Å². The van der Waals surface area contributed by atoms with Crippen LogP contribution < -0.4 is 15.4 Å². The maximum Gasteiger partial charge on any atom is 0.406 e. The lowest BCUT2D eigenvalue weighted by molar-refractivity contribution is -0.140. The van der Waals surface area contributed by atoms with Gasteiger partial charge in [0.15, 0.2) is 0 Å². The topological polar surface area (TPSA) is 78.8 Å². The summed E-state index contributed by atoms with van der Waals surface area (Å²) < 4.78 is 61.3. The Kier molecular flexibility index (Phi) is 8.02. The normalized spacial score (nSPS) is 18.1. The fraction of sp³-hybridized carbons (Fsp3) is 0.370. The standard InChI is InChI=1S/C27H28F4N4O3/c1-34-12-10-22(20(28)15-34)33-21-6-3-7-24-19(21)14-18(35(24)16-27(29,30)31)5-4-11-32-23-9-8-17(26(36)37)13-25(23)38-2/h3,6-9,13-14,20,22,32-33H,10-12,15-16H2,1-2H3,(H,36,37). The van der Waals surface area contributed by atoms with Crippen molar-refractivity contribution in [2.75, 3.05) is 44.4 Å². The summed E-state index contributed by atoms with van der Waals surface area (Å²) in [5.74, 6) is 4.85. The lowest BCUT2D eigenvalue weighted by atomic mass is 10.0. The van der Waals surface area contributed by atoms with Crippen LogP contribution in [0.5, 0.6) is 5.75 Å². The molecule has 3 aromatic rings. The molecule has 1 aliphatic rings. The van der Waals surface area contributed by atoms with E-state index in [0.29, 0.717) is 34.4 Å². The largest absolute Gasteiger partial charge is 0.495 e. The molecule has 7 nitrogen and oxygen atoms in total. The molecule has 1 aromatic heterocycles. The third-order valence-corrected chi connectivity index (χ3v) is 6.40. The van der Waals surface area contributed by atoms with Gasteiger partial charge in [0.1, 0.15) is 18.5 Å². The van der Waals surface area contributed by atoms with Gasteiger partial charge >= 0.3 is 12.1 Å². The number of methoxy groups -OCH3 is 1. The molecule has 11 heteroatoms. The maximum atomic E-state index is 14.6. The number of aromatic carboxylic acids is 1. The van der Waals surface area contributed by atoms with Crippen LogP contribution in [0.1, 0.15) is 22.5 Å². The SMILES string of the molecule is COc1cc(C(=O)O)ccc1NCC#Cc1cc2c(NC3CCN(C)CC3F)cccc2n1CC(F)(F)F. The van der Waals surface area contributed by atoms with E-state index in [2.05, 4.69) is 22.5 Å². The first-order chi connectivity index (χ1) is 18.1. The molecule has 1 aliphatic heterocycles. The van der Waals surface area contributed by atoms with Crippen LogP contribution in [0.4, 0.5) is 28.9 Å². The number of likely N-dealkylation sites (tertiary alicyclic amines) is 1. The van der Waals surface area contributed by atoms with Gasteiger partial charge in [-0.3, -0.25) is 0 Å².